The summed E-state index contributed by atoms with van der Waals surface area (Å²) in [5.74, 6) is 0.220. The minimum absolute atomic E-state index is 0.0585. The molecule has 1 heterocycles. The van der Waals surface area contributed by atoms with E-state index in [4.69, 9.17) is 9.47 Å². The Labute approximate surface area is 225 Å². The molecule has 1 rings (SSSR count). The lowest BCUT2D eigenvalue weighted by atomic mass is 9.79. The van der Waals surface area contributed by atoms with E-state index in [0.717, 1.165) is 38.5 Å². The van der Waals surface area contributed by atoms with E-state index in [-0.39, 0.29) is 30.5 Å². The summed E-state index contributed by atoms with van der Waals surface area (Å²) in [6, 6.07) is -0.178. The predicted octanol–water partition coefficient (Wildman–Crippen LogP) is 4.66. The summed E-state index contributed by atoms with van der Waals surface area (Å²) in [6.07, 6.45) is 9.59. The number of carbonyl (C=O) groups is 2. The molecule has 1 fully saturated rings. The molecule has 1 aliphatic heterocycles. The van der Waals surface area contributed by atoms with Crippen LogP contribution in [0.5, 0.6) is 0 Å². The molecule has 2 N–H and O–H groups in total. The van der Waals surface area contributed by atoms with E-state index < -0.39 is 18.1 Å². The lowest BCUT2D eigenvalue weighted by Crippen LogP contribution is -2.51. The number of hydrogen-bond donors (Lipinski definition) is 2. The molecule has 212 valence electrons. The van der Waals surface area contributed by atoms with Gasteiger partial charge in [-0.05, 0) is 36.7 Å². The Morgan fingerprint density at radius 3 is 2.35 bits per heavy atom. The highest BCUT2D eigenvalue weighted by atomic mass is 16.5. The van der Waals surface area contributed by atoms with Gasteiger partial charge in [-0.1, -0.05) is 78.3 Å². The van der Waals surface area contributed by atoms with E-state index >= 15 is 0 Å². The summed E-state index contributed by atoms with van der Waals surface area (Å²) in [4.78, 5) is 28.4. The third-order valence-corrected chi connectivity index (χ3v) is 8.01. The Morgan fingerprint density at radius 2 is 1.84 bits per heavy atom. The van der Waals surface area contributed by atoms with Crippen molar-refractivity contribution in [1.82, 2.24) is 10.2 Å². The van der Waals surface area contributed by atoms with Crippen LogP contribution in [0.2, 0.25) is 0 Å². The molecule has 4 unspecified atom stereocenters. The maximum absolute atomic E-state index is 13.6. The monoisotopic (exact) mass is 520 g/mol. The number of allylic oxidation sites excluding steroid dienone is 2. The molecule has 2 amide bonds. The molecule has 0 radical (unpaired) electrons. The second kappa shape index (κ2) is 17.5. The largest absolute Gasteiger partial charge is 0.387 e. The average Bonchev–Trinajstić information content (AvgIpc) is 3.38. The van der Waals surface area contributed by atoms with E-state index in [1.165, 1.54) is 0 Å². The zero-order valence-electron chi connectivity index (χ0n) is 24.1. The van der Waals surface area contributed by atoms with Crippen molar-refractivity contribution >= 4 is 11.8 Å². The molecule has 0 bridgehead atoms. The van der Waals surface area contributed by atoms with E-state index in [1.54, 1.807) is 32.4 Å². The first-order valence-electron chi connectivity index (χ1n) is 14.0. The summed E-state index contributed by atoms with van der Waals surface area (Å²) < 4.78 is 11.7. The van der Waals surface area contributed by atoms with Gasteiger partial charge in [-0.2, -0.15) is 0 Å². The number of likely N-dealkylation sites (tertiary alicyclic amines) is 1. The van der Waals surface area contributed by atoms with Gasteiger partial charge in [0.15, 0.2) is 0 Å². The molecular formula is C30H52N2O5. The maximum atomic E-state index is 13.6. The second-order valence-electron chi connectivity index (χ2n) is 10.2. The summed E-state index contributed by atoms with van der Waals surface area (Å²) in [5, 5.41) is 13.2. The minimum atomic E-state index is -0.880. The van der Waals surface area contributed by atoms with Crippen LogP contribution < -0.4 is 5.32 Å². The lowest BCUT2D eigenvalue weighted by Gasteiger charge is -2.36. The molecule has 0 spiro atoms. The number of aliphatic hydroxyl groups is 1. The minimum Gasteiger partial charge on any atom is -0.387 e. The van der Waals surface area contributed by atoms with Crippen LogP contribution >= 0.6 is 0 Å². The topological polar surface area (TPSA) is 88.1 Å². The summed E-state index contributed by atoms with van der Waals surface area (Å²) >= 11 is 0. The number of nitrogens with one attached hydrogen (secondary N) is 1. The third-order valence-electron chi connectivity index (χ3n) is 8.01. The number of amides is 2. The van der Waals surface area contributed by atoms with Crippen molar-refractivity contribution in [2.75, 3.05) is 27.3 Å². The third kappa shape index (κ3) is 9.38. The van der Waals surface area contributed by atoms with Crippen molar-refractivity contribution in [3.05, 3.63) is 37.0 Å². The van der Waals surface area contributed by atoms with Gasteiger partial charge in [-0.25, -0.2) is 0 Å². The number of rotatable bonds is 18. The Kier molecular flexibility index (Phi) is 15.7. The van der Waals surface area contributed by atoms with Crippen molar-refractivity contribution in [3.63, 3.8) is 0 Å². The zero-order valence-corrected chi connectivity index (χ0v) is 24.1. The van der Waals surface area contributed by atoms with Gasteiger partial charge in [-0.15, -0.1) is 0 Å². The first-order chi connectivity index (χ1) is 17.7. The van der Waals surface area contributed by atoms with E-state index in [0.29, 0.717) is 30.4 Å². The van der Waals surface area contributed by atoms with E-state index in [9.17, 15) is 14.7 Å². The number of nitrogens with zero attached hydrogens (tertiary/aromatic N) is 1. The standard InChI is InChI=1S/C30H52N2O5/c1-9-15-23(13-5)26(33)20-31-30(35)21(6)29(37-8)25-17-14-18-32(25)28(34)19-27(36-7)24(16-10-2)22(11-3)12-4/h9,13,15,21-22,24-27,29,33H,1,5,10-12,14,16-20H2,2-4,6-8H3,(H,31,35)/b23-15+/t21?,24-,25?,26+,27?,29?/m0/s1. The fourth-order valence-electron chi connectivity index (χ4n) is 5.87. The SMILES string of the molecule is C=C/C=C(\C=C)[C@H](O)CNC(=O)C(C)C(OC)C1CCCN1C(=O)CC(OC)[C@@H](CCC)C(CC)CC. The van der Waals surface area contributed by atoms with Crippen molar-refractivity contribution in [2.45, 2.75) is 97.0 Å². The molecule has 0 aromatic carbocycles. The molecular weight excluding hydrogens is 468 g/mol. The summed E-state index contributed by atoms with van der Waals surface area (Å²) in [7, 11) is 3.31. The van der Waals surface area contributed by atoms with Crippen LogP contribution in [-0.4, -0.2) is 73.5 Å². The fourth-order valence-corrected chi connectivity index (χ4v) is 5.87. The van der Waals surface area contributed by atoms with E-state index in [1.807, 2.05) is 11.8 Å². The van der Waals surface area contributed by atoms with Gasteiger partial charge in [0.25, 0.3) is 0 Å². The van der Waals surface area contributed by atoms with Crippen molar-refractivity contribution < 1.29 is 24.2 Å². The summed E-state index contributed by atoms with van der Waals surface area (Å²) in [5.41, 5.74) is 0.585. The second-order valence-corrected chi connectivity index (χ2v) is 10.2. The van der Waals surface area contributed by atoms with Gasteiger partial charge in [0.2, 0.25) is 11.8 Å². The number of methoxy groups -OCH3 is 2. The van der Waals surface area contributed by atoms with Gasteiger partial charge in [0, 0.05) is 27.3 Å². The molecule has 0 aromatic heterocycles. The Morgan fingerprint density at radius 1 is 1.16 bits per heavy atom. The number of aliphatic hydroxyl groups excluding tert-OH is 1. The Bertz CT molecular complexity index is 748. The number of ether oxygens (including phenoxy) is 2. The lowest BCUT2D eigenvalue weighted by molar-refractivity contribution is -0.143. The highest BCUT2D eigenvalue weighted by Gasteiger charge is 2.41. The van der Waals surface area contributed by atoms with Crippen LogP contribution in [0.25, 0.3) is 0 Å². The molecule has 6 atom stereocenters. The average molecular weight is 521 g/mol. The molecule has 37 heavy (non-hydrogen) atoms. The molecule has 1 saturated heterocycles. The Balaban J connectivity index is 2.93. The zero-order chi connectivity index (χ0) is 28.0. The van der Waals surface area contributed by atoms with Crippen molar-refractivity contribution in [1.29, 1.82) is 0 Å². The van der Waals surface area contributed by atoms with Crippen molar-refractivity contribution in [3.8, 4) is 0 Å². The van der Waals surface area contributed by atoms with Crippen LogP contribution in [0.3, 0.4) is 0 Å². The highest BCUT2D eigenvalue weighted by molar-refractivity contribution is 5.80. The first kappa shape index (κ1) is 33.1. The summed E-state index contributed by atoms with van der Waals surface area (Å²) in [6.45, 7) is 16.5. The Hall–Kier alpha value is -1.96. The van der Waals surface area contributed by atoms with Gasteiger partial charge in [0.1, 0.15) is 0 Å². The molecule has 0 saturated carbocycles. The number of hydrogen-bond acceptors (Lipinski definition) is 5. The molecule has 7 heteroatoms. The fraction of sp³-hybridized carbons (Fsp3) is 0.733. The maximum Gasteiger partial charge on any atom is 0.225 e. The van der Waals surface area contributed by atoms with E-state index in [2.05, 4.69) is 39.2 Å². The van der Waals surface area contributed by atoms with Crippen LogP contribution in [0.4, 0.5) is 0 Å². The molecule has 0 aromatic rings. The van der Waals surface area contributed by atoms with Crippen LogP contribution in [0, 0.1) is 17.8 Å². The van der Waals surface area contributed by atoms with Crippen LogP contribution in [-0.2, 0) is 19.1 Å². The van der Waals surface area contributed by atoms with Crippen LogP contribution in [0.15, 0.2) is 37.0 Å². The predicted molar refractivity (Wildman–Crippen MR) is 150 cm³/mol. The van der Waals surface area contributed by atoms with Crippen molar-refractivity contribution in [2.24, 2.45) is 17.8 Å². The van der Waals surface area contributed by atoms with Gasteiger partial charge in [0.05, 0.1) is 36.7 Å². The normalized spacial score (nSPS) is 20.3. The van der Waals surface area contributed by atoms with Gasteiger partial charge >= 0.3 is 0 Å². The quantitative estimate of drug-likeness (QED) is 0.257. The number of carbonyl (C=O) groups excluding carboxylic acids is 2. The first-order valence-corrected chi connectivity index (χ1v) is 14.0. The van der Waals surface area contributed by atoms with Gasteiger partial charge < -0.3 is 24.8 Å². The van der Waals surface area contributed by atoms with Crippen LogP contribution in [0.1, 0.15) is 72.6 Å². The smallest absolute Gasteiger partial charge is 0.225 e. The molecule has 0 aliphatic carbocycles. The highest BCUT2D eigenvalue weighted by Crippen LogP contribution is 2.32. The molecule has 1 aliphatic rings. The van der Waals surface area contributed by atoms with Gasteiger partial charge in [-0.3, -0.25) is 9.59 Å². The molecule has 7 nitrogen and oxygen atoms in total.